The van der Waals surface area contributed by atoms with Crippen molar-refractivity contribution in [3.05, 3.63) is 43.8 Å². The van der Waals surface area contributed by atoms with Crippen LogP contribution in [0, 0.1) is 27.7 Å². The summed E-state index contributed by atoms with van der Waals surface area (Å²) in [6.07, 6.45) is 0. The second-order valence-corrected chi connectivity index (χ2v) is 10.2. The Hall–Kier alpha value is -0.680. The highest BCUT2D eigenvalue weighted by atomic mass is 32.2. The van der Waals surface area contributed by atoms with E-state index in [4.69, 9.17) is 0 Å². The highest BCUT2D eigenvalue weighted by molar-refractivity contribution is 7.36. The van der Waals surface area contributed by atoms with Gasteiger partial charge in [-0.3, -0.25) is 0 Å². The van der Waals surface area contributed by atoms with E-state index >= 15 is 0 Å². The first kappa shape index (κ1) is 14.3. The summed E-state index contributed by atoms with van der Waals surface area (Å²) in [7, 11) is 0. The zero-order valence-corrected chi connectivity index (χ0v) is 15.2. The molecular formula is C16H16S4+2. The molecular weight excluding hydrogens is 320 g/mol. The molecule has 0 fully saturated rings. The van der Waals surface area contributed by atoms with E-state index in [-0.39, 0.29) is 0 Å². The lowest BCUT2D eigenvalue weighted by atomic mass is 10.2. The lowest BCUT2D eigenvalue weighted by Gasteiger charge is -1.92. The van der Waals surface area contributed by atoms with Gasteiger partial charge in [-0.25, -0.2) is 0 Å². The Balaban J connectivity index is 2.05. The molecule has 1 aromatic carbocycles. The van der Waals surface area contributed by atoms with Gasteiger partial charge in [0, 0.05) is 11.1 Å². The van der Waals surface area contributed by atoms with E-state index in [1.165, 1.54) is 39.0 Å². The summed E-state index contributed by atoms with van der Waals surface area (Å²) in [5.74, 6) is 0. The molecule has 2 aromatic heterocycles. The van der Waals surface area contributed by atoms with Crippen LogP contribution in [-0.2, 0) is 0 Å². The molecule has 0 aliphatic carbocycles. The summed E-state index contributed by atoms with van der Waals surface area (Å²) in [6.45, 7) is 8.83. The molecule has 0 nitrogen and oxygen atoms in total. The van der Waals surface area contributed by atoms with E-state index in [1.54, 1.807) is 0 Å². The quantitative estimate of drug-likeness (QED) is 0.439. The molecule has 102 valence electrons. The summed E-state index contributed by atoms with van der Waals surface area (Å²) in [5.41, 5.74) is 2.70. The average molecular weight is 337 g/mol. The lowest BCUT2D eigenvalue weighted by molar-refractivity contribution is 1.51. The molecule has 0 aliphatic heterocycles. The van der Waals surface area contributed by atoms with Crippen molar-refractivity contribution in [2.45, 2.75) is 27.7 Å². The molecule has 0 amide bonds. The third kappa shape index (κ3) is 2.70. The van der Waals surface area contributed by atoms with Gasteiger partial charge in [-0.2, -0.15) is 0 Å². The van der Waals surface area contributed by atoms with Crippen LogP contribution in [0.4, 0.5) is 0 Å². The zero-order valence-electron chi connectivity index (χ0n) is 11.9. The van der Waals surface area contributed by atoms with E-state index in [2.05, 4.69) is 52.0 Å². The second-order valence-electron chi connectivity index (χ2n) is 4.79. The van der Waals surface area contributed by atoms with Crippen LogP contribution in [-0.4, -0.2) is 0 Å². The first-order chi connectivity index (χ1) is 9.54. The van der Waals surface area contributed by atoms with Crippen molar-refractivity contribution in [2.24, 2.45) is 0 Å². The van der Waals surface area contributed by atoms with Gasteiger partial charge in [-0.15, -0.1) is 0 Å². The van der Waals surface area contributed by atoms with Crippen LogP contribution < -0.4 is 0 Å². The molecule has 3 aromatic rings. The molecule has 0 bridgehead atoms. The summed E-state index contributed by atoms with van der Waals surface area (Å²) in [6, 6.07) is 8.96. The SMILES string of the molecule is Cc1sc(-c2cccc(-c3sc(C)c(C)[s+]3)c2)[s+]c1C. The Labute approximate surface area is 136 Å². The maximum absolute atomic E-state index is 2.34. The van der Waals surface area contributed by atoms with E-state index in [0.29, 0.717) is 0 Å². The third-order valence-corrected chi connectivity index (χ3v) is 8.70. The van der Waals surface area contributed by atoms with Gasteiger partial charge >= 0.3 is 0 Å². The monoisotopic (exact) mass is 336 g/mol. The normalized spacial score (nSPS) is 11.0. The Morgan fingerprint density at radius 1 is 0.750 bits per heavy atom. The molecule has 4 heteroatoms. The van der Waals surface area contributed by atoms with Crippen LogP contribution in [0.5, 0.6) is 0 Å². The zero-order chi connectivity index (χ0) is 14.3. The summed E-state index contributed by atoms with van der Waals surface area (Å²) in [4.78, 5) is 5.73. The largest absolute Gasteiger partial charge is 0.285 e. The number of hydrogen-bond acceptors (Lipinski definition) is 2. The maximum atomic E-state index is 2.34. The number of benzene rings is 1. The van der Waals surface area contributed by atoms with E-state index < -0.39 is 0 Å². The predicted molar refractivity (Wildman–Crippen MR) is 96.6 cm³/mol. The minimum atomic E-state index is 1.35. The van der Waals surface area contributed by atoms with Gasteiger partial charge < -0.3 is 0 Å². The molecule has 0 atom stereocenters. The van der Waals surface area contributed by atoms with Crippen molar-refractivity contribution in [1.29, 1.82) is 0 Å². The predicted octanol–water partition coefficient (Wildman–Crippen LogP) is 7.06. The highest BCUT2D eigenvalue weighted by Crippen LogP contribution is 2.40. The van der Waals surface area contributed by atoms with Crippen molar-refractivity contribution < 1.29 is 0 Å². The van der Waals surface area contributed by atoms with Crippen molar-refractivity contribution >= 4 is 45.3 Å². The molecule has 0 N–H and O–H groups in total. The average Bonchev–Trinajstić information content (AvgIpc) is 2.94. The maximum Gasteiger partial charge on any atom is 0.285 e. The molecule has 20 heavy (non-hydrogen) atoms. The fourth-order valence-corrected chi connectivity index (χ4v) is 6.89. The third-order valence-electron chi connectivity index (χ3n) is 3.31. The molecule has 0 aliphatic rings. The van der Waals surface area contributed by atoms with Gasteiger partial charge in [-0.1, -0.05) is 6.07 Å². The Bertz CT molecular complexity index is 664. The highest BCUT2D eigenvalue weighted by Gasteiger charge is 2.22. The first-order valence-corrected chi connectivity index (χ1v) is 9.72. The Kier molecular flexibility index (Phi) is 4.00. The minimum Gasteiger partial charge on any atom is -0.0606 e. The van der Waals surface area contributed by atoms with Crippen molar-refractivity contribution in [3.63, 3.8) is 0 Å². The van der Waals surface area contributed by atoms with Gasteiger partial charge in [0.2, 0.25) is 0 Å². The fourth-order valence-electron chi connectivity index (χ4n) is 1.89. The van der Waals surface area contributed by atoms with Gasteiger partial charge in [-0.05, 0) is 45.9 Å². The van der Waals surface area contributed by atoms with Gasteiger partial charge in [0.15, 0.2) is 0 Å². The van der Waals surface area contributed by atoms with E-state index in [0.717, 1.165) is 0 Å². The van der Waals surface area contributed by atoms with Crippen LogP contribution in [0.1, 0.15) is 19.5 Å². The molecule has 0 saturated heterocycles. The topological polar surface area (TPSA) is 0 Å². The molecule has 0 spiro atoms. The standard InChI is InChI=1S/C16H16S4/c1-9-10(2)18-15(17-9)13-6-5-7-14(8-13)16-19-11(3)12(4)20-16/h5-8H,1-4H3/q+2. The van der Waals surface area contributed by atoms with Crippen molar-refractivity contribution in [2.75, 3.05) is 0 Å². The number of rotatable bonds is 2. The van der Waals surface area contributed by atoms with E-state index in [1.807, 2.05) is 45.3 Å². The molecule has 0 saturated carbocycles. The smallest absolute Gasteiger partial charge is 0.0606 e. The van der Waals surface area contributed by atoms with Crippen LogP contribution in [0.25, 0.3) is 19.5 Å². The molecule has 0 unspecified atom stereocenters. The summed E-state index contributed by atoms with van der Waals surface area (Å²) >= 11 is 7.62. The minimum absolute atomic E-state index is 1.35. The lowest BCUT2D eigenvalue weighted by Crippen LogP contribution is -1.73. The van der Waals surface area contributed by atoms with Crippen LogP contribution in [0.15, 0.2) is 24.3 Å². The van der Waals surface area contributed by atoms with Crippen LogP contribution >= 0.6 is 45.3 Å². The number of hydrogen-bond donors (Lipinski definition) is 0. The van der Waals surface area contributed by atoms with Crippen LogP contribution in [0.2, 0.25) is 0 Å². The molecule has 0 radical (unpaired) electrons. The number of aryl methyl sites for hydroxylation is 4. The second kappa shape index (κ2) is 5.60. The Morgan fingerprint density at radius 2 is 1.20 bits per heavy atom. The van der Waals surface area contributed by atoms with Gasteiger partial charge in [0.05, 0.1) is 45.3 Å². The van der Waals surface area contributed by atoms with Crippen molar-refractivity contribution in [1.82, 2.24) is 0 Å². The molecule has 2 heterocycles. The van der Waals surface area contributed by atoms with Gasteiger partial charge in [0.25, 0.3) is 8.38 Å². The fraction of sp³-hybridized carbons (Fsp3) is 0.250. The Morgan fingerprint density at radius 3 is 1.55 bits per heavy atom. The van der Waals surface area contributed by atoms with Crippen molar-refractivity contribution in [3.8, 4) is 19.5 Å². The van der Waals surface area contributed by atoms with E-state index in [9.17, 15) is 0 Å². The first-order valence-electron chi connectivity index (χ1n) is 6.45. The summed E-state index contributed by atoms with van der Waals surface area (Å²) < 4.78 is 2.83. The van der Waals surface area contributed by atoms with Gasteiger partial charge in [0.1, 0.15) is 19.5 Å². The summed E-state index contributed by atoms with van der Waals surface area (Å²) in [5, 5.41) is 0. The molecule has 3 rings (SSSR count). The van der Waals surface area contributed by atoms with Crippen LogP contribution in [0.3, 0.4) is 0 Å².